The van der Waals surface area contributed by atoms with E-state index in [1.54, 1.807) is 4.90 Å². The Kier molecular flexibility index (Phi) is 4.80. The first-order valence-corrected chi connectivity index (χ1v) is 6.53. The molecule has 5 heteroatoms. The third kappa shape index (κ3) is 3.87. The molecule has 0 saturated carbocycles. The number of amides is 2. The monoisotopic (exact) mass is 260 g/mol. The molecule has 0 aromatic heterocycles. The third-order valence-electron chi connectivity index (χ3n) is 2.87. The van der Waals surface area contributed by atoms with Crippen molar-refractivity contribution in [3.8, 4) is 0 Å². The smallest absolute Gasteiger partial charge is 0.228 e. The van der Waals surface area contributed by atoms with E-state index in [-0.39, 0.29) is 17.2 Å². The lowest BCUT2D eigenvalue weighted by molar-refractivity contribution is -0.144. The van der Waals surface area contributed by atoms with Gasteiger partial charge in [-0.25, -0.2) is 0 Å². The SMILES string of the molecule is CC(C)(C)C(=O)N1CCN(C(=O)CCCl)CC1. The molecule has 1 fully saturated rings. The topological polar surface area (TPSA) is 40.6 Å². The van der Waals surface area contributed by atoms with Crippen molar-refractivity contribution in [3.63, 3.8) is 0 Å². The maximum Gasteiger partial charge on any atom is 0.228 e. The van der Waals surface area contributed by atoms with Gasteiger partial charge in [0, 0.05) is 43.9 Å². The average molecular weight is 261 g/mol. The molecule has 0 atom stereocenters. The number of carbonyl (C=O) groups excluding carboxylic acids is 2. The van der Waals surface area contributed by atoms with E-state index >= 15 is 0 Å². The van der Waals surface area contributed by atoms with Gasteiger partial charge in [-0.1, -0.05) is 20.8 Å². The first kappa shape index (κ1) is 14.3. The minimum Gasteiger partial charge on any atom is -0.339 e. The highest BCUT2D eigenvalue weighted by Gasteiger charge is 2.30. The number of rotatable bonds is 2. The minimum absolute atomic E-state index is 0.0860. The second-order valence-corrected chi connectivity index (χ2v) is 5.74. The summed E-state index contributed by atoms with van der Waals surface area (Å²) in [6.07, 6.45) is 0.384. The molecule has 0 aliphatic carbocycles. The summed E-state index contributed by atoms with van der Waals surface area (Å²) in [6.45, 7) is 8.25. The Bertz CT molecular complexity index is 291. The first-order valence-electron chi connectivity index (χ1n) is 5.99. The molecule has 1 rings (SSSR count). The lowest BCUT2D eigenvalue weighted by Gasteiger charge is -2.37. The number of halogens is 1. The van der Waals surface area contributed by atoms with E-state index in [1.807, 2.05) is 25.7 Å². The van der Waals surface area contributed by atoms with Crippen LogP contribution >= 0.6 is 11.6 Å². The number of alkyl halides is 1. The second kappa shape index (κ2) is 5.71. The van der Waals surface area contributed by atoms with Gasteiger partial charge in [0.1, 0.15) is 0 Å². The van der Waals surface area contributed by atoms with Crippen molar-refractivity contribution in [2.75, 3.05) is 32.1 Å². The van der Waals surface area contributed by atoms with Crippen molar-refractivity contribution < 1.29 is 9.59 Å². The molecule has 1 saturated heterocycles. The van der Waals surface area contributed by atoms with Crippen LogP contribution in [0.4, 0.5) is 0 Å². The van der Waals surface area contributed by atoms with E-state index in [0.29, 0.717) is 38.5 Å². The van der Waals surface area contributed by atoms with Gasteiger partial charge in [0.25, 0.3) is 0 Å². The van der Waals surface area contributed by atoms with E-state index in [1.165, 1.54) is 0 Å². The maximum atomic E-state index is 12.0. The third-order valence-corrected chi connectivity index (χ3v) is 3.06. The summed E-state index contributed by atoms with van der Waals surface area (Å²) < 4.78 is 0. The van der Waals surface area contributed by atoms with Crippen LogP contribution in [-0.4, -0.2) is 53.7 Å². The van der Waals surface area contributed by atoms with E-state index in [4.69, 9.17) is 11.6 Å². The summed E-state index contributed by atoms with van der Waals surface area (Å²) in [6, 6.07) is 0. The number of nitrogens with zero attached hydrogens (tertiary/aromatic N) is 2. The Morgan fingerprint density at radius 2 is 1.53 bits per heavy atom. The van der Waals surface area contributed by atoms with Gasteiger partial charge in [0.05, 0.1) is 0 Å². The van der Waals surface area contributed by atoms with Crippen molar-refractivity contribution in [3.05, 3.63) is 0 Å². The highest BCUT2D eigenvalue weighted by atomic mass is 35.5. The Balaban J connectivity index is 2.46. The molecule has 17 heavy (non-hydrogen) atoms. The molecule has 0 N–H and O–H groups in total. The fraction of sp³-hybridized carbons (Fsp3) is 0.833. The summed E-state index contributed by atoms with van der Waals surface area (Å²) >= 11 is 5.54. The molecule has 2 amide bonds. The summed E-state index contributed by atoms with van der Waals surface area (Å²) in [5.74, 6) is 0.602. The van der Waals surface area contributed by atoms with Crippen LogP contribution in [0, 0.1) is 5.41 Å². The fourth-order valence-corrected chi connectivity index (χ4v) is 2.03. The largest absolute Gasteiger partial charge is 0.339 e. The van der Waals surface area contributed by atoms with E-state index in [2.05, 4.69) is 0 Å². The molecule has 0 unspecified atom stereocenters. The molecular weight excluding hydrogens is 240 g/mol. The van der Waals surface area contributed by atoms with Gasteiger partial charge in [-0.05, 0) is 0 Å². The van der Waals surface area contributed by atoms with Gasteiger partial charge in [0.15, 0.2) is 0 Å². The molecule has 0 radical (unpaired) electrons. The molecule has 0 aromatic carbocycles. The zero-order valence-corrected chi connectivity index (χ0v) is 11.6. The molecule has 1 heterocycles. The van der Waals surface area contributed by atoms with Crippen LogP contribution in [0.3, 0.4) is 0 Å². The highest BCUT2D eigenvalue weighted by molar-refractivity contribution is 6.18. The van der Waals surface area contributed by atoms with Crippen molar-refractivity contribution in [1.82, 2.24) is 9.80 Å². The number of hydrogen-bond acceptors (Lipinski definition) is 2. The number of piperazine rings is 1. The average Bonchev–Trinajstić information content (AvgIpc) is 2.27. The second-order valence-electron chi connectivity index (χ2n) is 5.36. The van der Waals surface area contributed by atoms with Crippen LogP contribution in [0.2, 0.25) is 0 Å². The zero-order chi connectivity index (χ0) is 13.1. The predicted molar refractivity (Wildman–Crippen MR) is 68.0 cm³/mol. The Morgan fingerprint density at radius 3 is 1.94 bits per heavy atom. The molecule has 0 bridgehead atoms. The highest BCUT2D eigenvalue weighted by Crippen LogP contribution is 2.18. The van der Waals surface area contributed by atoms with Crippen LogP contribution in [0.1, 0.15) is 27.2 Å². The van der Waals surface area contributed by atoms with Crippen molar-refractivity contribution in [1.29, 1.82) is 0 Å². The molecule has 1 aliphatic heterocycles. The number of carbonyl (C=O) groups is 2. The van der Waals surface area contributed by atoms with Crippen molar-refractivity contribution >= 4 is 23.4 Å². The summed E-state index contributed by atoms with van der Waals surface area (Å²) in [5, 5.41) is 0. The normalized spacial score (nSPS) is 17.2. The van der Waals surface area contributed by atoms with Crippen LogP contribution < -0.4 is 0 Å². The molecule has 0 aromatic rings. The van der Waals surface area contributed by atoms with Crippen LogP contribution in [0.15, 0.2) is 0 Å². The van der Waals surface area contributed by atoms with E-state index < -0.39 is 0 Å². The molecule has 4 nitrogen and oxygen atoms in total. The fourth-order valence-electron chi connectivity index (χ4n) is 1.87. The summed E-state index contributed by atoms with van der Waals surface area (Å²) in [7, 11) is 0. The van der Waals surface area contributed by atoms with Crippen molar-refractivity contribution in [2.45, 2.75) is 27.2 Å². The maximum absolute atomic E-state index is 12.0. The van der Waals surface area contributed by atoms with Crippen molar-refractivity contribution in [2.24, 2.45) is 5.41 Å². The van der Waals surface area contributed by atoms with Gasteiger partial charge in [-0.2, -0.15) is 0 Å². The first-order chi connectivity index (χ1) is 7.86. The van der Waals surface area contributed by atoms with E-state index in [9.17, 15) is 9.59 Å². The molecule has 1 aliphatic rings. The van der Waals surface area contributed by atoms with Crippen LogP contribution in [0.5, 0.6) is 0 Å². The predicted octanol–water partition coefficient (Wildman–Crippen LogP) is 1.33. The standard InChI is InChI=1S/C12H21ClN2O2/c1-12(2,3)11(17)15-8-6-14(7-9-15)10(16)4-5-13/h4-9H2,1-3H3. The molecule has 0 spiro atoms. The number of hydrogen-bond donors (Lipinski definition) is 0. The van der Waals surface area contributed by atoms with E-state index in [0.717, 1.165) is 0 Å². The molecular formula is C12H21ClN2O2. The van der Waals surface area contributed by atoms with Gasteiger partial charge in [-0.3, -0.25) is 9.59 Å². The quantitative estimate of drug-likeness (QED) is 0.703. The van der Waals surface area contributed by atoms with Gasteiger partial charge < -0.3 is 9.80 Å². The lowest BCUT2D eigenvalue weighted by atomic mass is 9.94. The molecule has 98 valence electrons. The van der Waals surface area contributed by atoms with Gasteiger partial charge >= 0.3 is 0 Å². The van der Waals surface area contributed by atoms with Crippen LogP contribution in [0.25, 0.3) is 0 Å². The Hall–Kier alpha value is -0.770. The summed E-state index contributed by atoms with van der Waals surface area (Å²) in [5.41, 5.74) is -0.345. The Labute approximate surface area is 108 Å². The Morgan fingerprint density at radius 1 is 1.06 bits per heavy atom. The van der Waals surface area contributed by atoms with Crippen LogP contribution in [-0.2, 0) is 9.59 Å². The van der Waals surface area contributed by atoms with Gasteiger partial charge in [-0.15, -0.1) is 11.6 Å². The summed E-state index contributed by atoms with van der Waals surface area (Å²) in [4.78, 5) is 27.3. The lowest BCUT2D eigenvalue weighted by Crippen LogP contribution is -2.53. The zero-order valence-electron chi connectivity index (χ0n) is 10.8. The minimum atomic E-state index is -0.345. The van der Waals surface area contributed by atoms with Gasteiger partial charge in [0.2, 0.25) is 11.8 Å².